The van der Waals surface area contributed by atoms with Gasteiger partial charge in [0.25, 0.3) is 0 Å². The molecule has 0 spiro atoms. The fourth-order valence-electron chi connectivity index (χ4n) is 1.62. The van der Waals surface area contributed by atoms with Crippen molar-refractivity contribution >= 4 is 6.21 Å². The minimum Gasteiger partial charge on any atom is -0.481 e. The zero-order chi connectivity index (χ0) is 15.8. The predicted octanol–water partition coefficient (Wildman–Crippen LogP) is 2.23. The van der Waals surface area contributed by atoms with Crippen LogP contribution in [0.15, 0.2) is 35.4 Å². The standard InChI is InChI=1S/C15H18N4O3/c1-4-16-17-10-11-7-5-6-8-12(11)22-15-18-13(20-2)9-14(19-15)21-3/h5-10,16H,4H2,1-3H3. The van der Waals surface area contributed by atoms with E-state index < -0.39 is 0 Å². The van der Waals surface area contributed by atoms with Crippen LogP contribution < -0.4 is 19.6 Å². The first-order chi connectivity index (χ1) is 10.8. The van der Waals surface area contributed by atoms with Crippen LogP contribution in [0.25, 0.3) is 0 Å². The van der Waals surface area contributed by atoms with E-state index in [1.165, 1.54) is 14.2 Å². The Bertz CT molecular complexity index is 624. The van der Waals surface area contributed by atoms with Gasteiger partial charge < -0.3 is 19.6 Å². The van der Waals surface area contributed by atoms with Crippen molar-refractivity contribution in [3.63, 3.8) is 0 Å². The molecule has 22 heavy (non-hydrogen) atoms. The molecule has 0 saturated carbocycles. The van der Waals surface area contributed by atoms with E-state index in [1.54, 1.807) is 12.3 Å². The molecule has 2 aromatic rings. The molecular formula is C15H18N4O3. The molecule has 1 aromatic heterocycles. The highest BCUT2D eigenvalue weighted by Crippen LogP contribution is 2.25. The molecule has 116 valence electrons. The molecule has 0 fully saturated rings. The molecule has 1 N–H and O–H groups in total. The van der Waals surface area contributed by atoms with Crippen molar-refractivity contribution in [3.05, 3.63) is 35.9 Å². The molecule has 0 unspecified atom stereocenters. The second-order valence-corrected chi connectivity index (χ2v) is 4.14. The van der Waals surface area contributed by atoms with Gasteiger partial charge in [-0.2, -0.15) is 15.1 Å². The number of rotatable bonds is 7. The topological polar surface area (TPSA) is 77.9 Å². The third kappa shape index (κ3) is 4.08. The fourth-order valence-corrected chi connectivity index (χ4v) is 1.62. The van der Waals surface area contributed by atoms with E-state index in [1.807, 2.05) is 31.2 Å². The van der Waals surface area contributed by atoms with Crippen molar-refractivity contribution < 1.29 is 14.2 Å². The fraction of sp³-hybridized carbons (Fsp3) is 0.267. The van der Waals surface area contributed by atoms with Crippen LogP contribution in [0.5, 0.6) is 23.5 Å². The normalized spacial score (nSPS) is 10.5. The summed E-state index contributed by atoms with van der Waals surface area (Å²) in [6.07, 6.45) is 1.68. The van der Waals surface area contributed by atoms with Gasteiger partial charge in [-0.1, -0.05) is 12.1 Å². The smallest absolute Gasteiger partial charge is 0.328 e. The lowest BCUT2D eigenvalue weighted by Gasteiger charge is -2.09. The Morgan fingerprint density at radius 2 is 1.82 bits per heavy atom. The first-order valence-electron chi connectivity index (χ1n) is 6.76. The van der Waals surface area contributed by atoms with Gasteiger partial charge in [-0.25, -0.2) is 0 Å². The summed E-state index contributed by atoms with van der Waals surface area (Å²) < 4.78 is 15.9. The van der Waals surface area contributed by atoms with Gasteiger partial charge in [0.2, 0.25) is 11.8 Å². The first kappa shape index (κ1) is 15.6. The number of methoxy groups -OCH3 is 2. The minimum absolute atomic E-state index is 0.139. The van der Waals surface area contributed by atoms with Crippen molar-refractivity contribution in [2.24, 2.45) is 5.10 Å². The van der Waals surface area contributed by atoms with Gasteiger partial charge in [0, 0.05) is 12.1 Å². The molecule has 0 aliphatic rings. The summed E-state index contributed by atoms with van der Waals surface area (Å²) in [7, 11) is 3.03. The van der Waals surface area contributed by atoms with Gasteiger partial charge >= 0.3 is 6.01 Å². The zero-order valence-electron chi connectivity index (χ0n) is 12.7. The number of hydrogen-bond donors (Lipinski definition) is 1. The Labute approximate surface area is 129 Å². The summed E-state index contributed by atoms with van der Waals surface area (Å²) in [6, 6.07) is 9.16. The van der Waals surface area contributed by atoms with Crippen molar-refractivity contribution in [1.82, 2.24) is 15.4 Å². The number of hydrazone groups is 1. The molecule has 0 atom stereocenters. The Morgan fingerprint density at radius 1 is 1.14 bits per heavy atom. The molecule has 7 nitrogen and oxygen atoms in total. The van der Waals surface area contributed by atoms with Crippen molar-refractivity contribution in [1.29, 1.82) is 0 Å². The van der Waals surface area contributed by atoms with Gasteiger partial charge in [0.15, 0.2) is 0 Å². The maximum atomic E-state index is 5.72. The summed E-state index contributed by atoms with van der Waals surface area (Å²) in [6.45, 7) is 2.71. The number of nitrogens with one attached hydrogen (secondary N) is 1. The number of para-hydroxylation sites is 1. The summed E-state index contributed by atoms with van der Waals surface area (Å²) in [5.41, 5.74) is 3.67. The summed E-state index contributed by atoms with van der Waals surface area (Å²) in [5.74, 6) is 1.31. The van der Waals surface area contributed by atoms with E-state index >= 15 is 0 Å². The molecule has 2 rings (SSSR count). The second-order valence-electron chi connectivity index (χ2n) is 4.14. The summed E-state index contributed by atoms with van der Waals surface area (Å²) in [4.78, 5) is 8.27. The lowest BCUT2D eigenvalue weighted by molar-refractivity contribution is 0.348. The Kier molecular flexibility index (Phi) is 5.53. The van der Waals surface area contributed by atoms with Crippen LogP contribution in [0.2, 0.25) is 0 Å². The molecule has 7 heteroatoms. The second kappa shape index (κ2) is 7.82. The van der Waals surface area contributed by atoms with E-state index in [-0.39, 0.29) is 6.01 Å². The molecule has 1 aromatic carbocycles. The van der Waals surface area contributed by atoms with Crippen LogP contribution in [-0.4, -0.2) is 36.9 Å². The van der Waals surface area contributed by atoms with Crippen LogP contribution in [-0.2, 0) is 0 Å². The highest BCUT2D eigenvalue weighted by atomic mass is 16.5. The van der Waals surface area contributed by atoms with E-state index in [4.69, 9.17) is 14.2 Å². The van der Waals surface area contributed by atoms with Crippen molar-refractivity contribution in [2.45, 2.75) is 6.92 Å². The summed E-state index contributed by atoms with van der Waals surface area (Å²) >= 11 is 0. The quantitative estimate of drug-likeness (QED) is 0.624. The Morgan fingerprint density at radius 3 is 2.45 bits per heavy atom. The third-order valence-corrected chi connectivity index (χ3v) is 2.65. The van der Waals surface area contributed by atoms with Gasteiger partial charge in [-0.15, -0.1) is 0 Å². The highest BCUT2D eigenvalue weighted by Gasteiger charge is 2.09. The number of benzene rings is 1. The molecular weight excluding hydrogens is 284 g/mol. The first-order valence-corrected chi connectivity index (χ1v) is 6.76. The highest BCUT2D eigenvalue weighted by molar-refractivity contribution is 5.83. The van der Waals surface area contributed by atoms with Crippen LogP contribution in [0.4, 0.5) is 0 Å². The Balaban J connectivity index is 2.27. The largest absolute Gasteiger partial charge is 0.481 e. The lowest BCUT2D eigenvalue weighted by atomic mass is 10.2. The number of hydrogen-bond acceptors (Lipinski definition) is 7. The molecule has 0 bridgehead atoms. The van der Waals surface area contributed by atoms with Crippen molar-refractivity contribution in [2.75, 3.05) is 20.8 Å². The van der Waals surface area contributed by atoms with Crippen LogP contribution in [0, 0.1) is 0 Å². The predicted molar refractivity (Wildman–Crippen MR) is 82.9 cm³/mol. The van der Waals surface area contributed by atoms with Crippen molar-refractivity contribution in [3.8, 4) is 23.5 Å². The third-order valence-electron chi connectivity index (χ3n) is 2.65. The maximum Gasteiger partial charge on any atom is 0.328 e. The van der Waals surface area contributed by atoms with Gasteiger partial charge in [0.1, 0.15) is 5.75 Å². The van der Waals surface area contributed by atoms with Gasteiger partial charge in [0.05, 0.1) is 26.5 Å². The van der Waals surface area contributed by atoms with E-state index in [0.717, 1.165) is 12.1 Å². The average molecular weight is 302 g/mol. The molecule has 0 saturated heterocycles. The lowest BCUT2D eigenvalue weighted by Crippen LogP contribution is -2.04. The van der Waals surface area contributed by atoms with E-state index in [2.05, 4.69) is 20.5 Å². The average Bonchev–Trinajstić information content (AvgIpc) is 2.56. The number of aromatic nitrogens is 2. The minimum atomic E-state index is 0.139. The van der Waals surface area contributed by atoms with E-state index in [9.17, 15) is 0 Å². The zero-order valence-corrected chi connectivity index (χ0v) is 12.7. The number of nitrogens with zero attached hydrogens (tertiary/aromatic N) is 3. The monoisotopic (exact) mass is 302 g/mol. The number of ether oxygens (including phenoxy) is 3. The van der Waals surface area contributed by atoms with Gasteiger partial charge in [-0.3, -0.25) is 0 Å². The van der Waals surface area contributed by atoms with Crippen LogP contribution in [0.1, 0.15) is 12.5 Å². The SMILES string of the molecule is CCNN=Cc1ccccc1Oc1nc(OC)cc(OC)n1. The molecule has 0 aliphatic carbocycles. The summed E-state index contributed by atoms with van der Waals surface area (Å²) in [5, 5.41) is 4.08. The molecule has 0 aliphatic heterocycles. The van der Waals surface area contributed by atoms with Gasteiger partial charge in [-0.05, 0) is 19.1 Å². The molecule has 0 amide bonds. The molecule has 1 heterocycles. The maximum absolute atomic E-state index is 5.72. The van der Waals surface area contributed by atoms with Crippen LogP contribution in [0.3, 0.4) is 0 Å². The molecule has 0 radical (unpaired) electrons. The van der Waals surface area contributed by atoms with E-state index in [0.29, 0.717) is 17.5 Å². The Hall–Kier alpha value is -2.83. The van der Waals surface area contributed by atoms with Crippen LogP contribution >= 0.6 is 0 Å².